The highest BCUT2D eigenvalue weighted by atomic mass is 35.5. The Morgan fingerprint density at radius 1 is 1.31 bits per heavy atom. The van der Waals surface area contributed by atoms with E-state index in [4.69, 9.17) is 11.6 Å². The van der Waals surface area contributed by atoms with Gasteiger partial charge in [-0.2, -0.15) is 5.10 Å². The number of benzene rings is 1. The fraction of sp³-hybridized carbons (Fsp3) is 0.222. The van der Waals surface area contributed by atoms with Gasteiger partial charge in [-0.15, -0.1) is 0 Å². The lowest BCUT2D eigenvalue weighted by Gasteiger charge is -2.07. The summed E-state index contributed by atoms with van der Waals surface area (Å²) in [4.78, 5) is 20.4. The number of aromatic amines is 1. The van der Waals surface area contributed by atoms with E-state index < -0.39 is 0 Å². The number of hydrogen-bond donors (Lipinski definition) is 3. The van der Waals surface area contributed by atoms with E-state index in [1.165, 1.54) is 0 Å². The molecule has 3 rings (SSSR count). The summed E-state index contributed by atoms with van der Waals surface area (Å²) in [6.07, 6.45) is 4.06. The second-order valence-electron chi connectivity index (χ2n) is 5.79. The Morgan fingerprint density at radius 2 is 2.19 bits per heavy atom. The molecular formula is C18H19ClN6O. The lowest BCUT2D eigenvalue weighted by atomic mass is 10.2. The molecule has 7 nitrogen and oxygen atoms in total. The number of carbonyl (C=O) groups is 1. The maximum absolute atomic E-state index is 12.0. The van der Waals surface area contributed by atoms with Crippen LogP contribution in [0.3, 0.4) is 0 Å². The fourth-order valence-corrected chi connectivity index (χ4v) is 2.49. The van der Waals surface area contributed by atoms with Crippen LogP contribution in [0.4, 0.5) is 5.69 Å². The summed E-state index contributed by atoms with van der Waals surface area (Å²) in [5, 5.41) is 13.7. The molecule has 0 aliphatic heterocycles. The number of nitrogens with zero attached hydrogens (tertiary/aromatic N) is 3. The Kier molecular flexibility index (Phi) is 5.93. The largest absolute Gasteiger partial charge is 0.325 e. The van der Waals surface area contributed by atoms with Crippen molar-refractivity contribution in [3.63, 3.8) is 0 Å². The maximum atomic E-state index is 12.0. The number of aryl methyl sites for hydroxylation is 1. The number of nitrogens with one attached hydrogen (secondary N) is 3. The monoisotopic (exact) mass is 370 g/mol. The SMILES string of the molecule is Cc1cc(NC(=O)CNCCc2nc(-c3cccnc3)n[nH]2)ccc1Cl. The molecule has 3 aromatic rings. The van der Waals surface area contributed by atoms with Gasteiger partial charge < -0.3 is 10.6 Å². The minimum absolute atomic E-state index is 0.111. The van der Waals surface area contributed by atoms with E-state index in [0.29, 0.717) is 23.8 Å². The number of halogens is 1. The first-order valence-corrected chi connectivity index (χ1v) is 8.58. The van der Waals surface area contributed by atoms with E-state index in [0.717, 1.165) is 22.6 Å². The Hall–Kier alpha value is -2.77. The quantitative estimate of drug-likeness (QED) is 0.555. The van der Waals surface area contributed by atoms with E-state index in [1.807, 2.05) is 25.1 Å². The van der Waals surface area contributed by atoms with Crippen molar-refractivity contribution in [2.45, 2.75) is 13.3 Å². The van der Waals surface area contributed by atoms with Gasteiger partial charge in [0.1, 0.15) is 5.82 Å². The van der Waals surface area contributed by atoms with Gasteiger partial charge in [-0.1, -0.05) is 11.6 Å². The number of amides is 1. The molecule has 2 heterocycles. The zero-order valence-corrected chi connectivity index (χ0v) is 15.0. The van der Waals surface area contributed by atoms with E-state index in [2.05, 4.69) is 30.8 Å². The van der Waals surface area contributed by atoms with Crippen LogP contribution in [-0.2, 0) is 11.2 Å². The number of aromatic nitrogens is 4. The Balaban J connectivity index is 1.42. The van der Waals surface area contributed by atoms with Gasteiger partial charge >= 0.3 is 0 Å². The average Bonchev–Trinajstić information content (AvgIpc) is 3.12. The fourth-order valence-electron chi connectivity index (χ4n) is 2.37. The van der Waals surface area contributed by atoms with Crippen molar-refractivity contribution in [3.8, 4) is 11.4 Å². The van der Waals surface area contributed by atoms with Crippen LogP contribution in [0, 0.1) is 6.92 Å². The van der Waals surface area contributed by atoms with E-state index >= 15 is 0 Å². The Labute approximate surface area is 156 Å². The van der Waals surface area contributed by atoms with Crippen LogP contribution >= 0.6 is 11.6 Å². The minimum atomic E-state index is -0.111. The van der Waals surface area contributed by atoms with Gasteiger partial charge in [-0.25, -0.2) is 4.98 Å². The molecule has 26 heavy (non-hydrogen) atoms. The average molecular weight is 371 g/mol. The third-order valence-electron chi connectivity index (χ3n) is 3.72. The van der Waals surface area contributed by atoms with Gasteiger partial charge in [-0.05, 0) is 42.8 Å². The zero-order chi connectivity index (χ0) is 18.4. The van der Waals surface area contributed by atoms with Crippen LogP contribution in [0.25, 0.3) is 11.4 Å². The number of anilines is 1. The molecule has 0 radical (unpaired) electrons. The lowest BCUT2D eigenvalue weighted by molar-refractivity contribution is -0.115. The number of hydrogen-bond acceptors (Lipinski definition) is 5. The molecular weight excluding hydrogens is 352 g/mol. The molecule has 0 fully saturated rings. The second-order valence-corrected chi connectivity index (χ2v) is 6.19. The summed E-state index contributed by atoms with van der Waals surface area (Å²) in [5.74, 6) is 1.26. The molecule has 8 heteroatoms. The third-order valence-corrected chi connectivity index (χ3v) is 4.14. The van der Waals surface area contributed by atoms with Crippen LogP contribution in [0.15, 0.2) is 42.7 Å². The molecule has 0 saturated carbocycles. The van der Waals surface area contributed by atoms with Crippen molar-refractivity contribution < 1.29 is 4.79 Å². The highest BCUT2D eigenvalue weighted by Gasteiger charge is 2.07. The summed E-state index contributed by atoms with van der Waals surface area (Å²) < 4.78 is 0. The summed E-state index contributed by atoms with van der Waals surface area (Å²) in [6, 6.07) is 9.13. The van der Waals surface area contributed by atoms with Crippen molar-refractivity contribution in [3.05, 3.63) is 59.1 Å². The molecule has 1 aromatic carbocycles. The van der Waals surface area contributed by atoms with Gasteiger partial charge in [0.25, 0.3) is 0 Å². The Bertz CT molecular complexity index is 880. The summed E-state index contributed by atoms with van der Waals surface area (Å²) in [7, 11) is 0. The molecule has 0 atom stereocenters. The summed E-state index contributed by atoms with van der Waals surface area (Å²) in [5.41, 5.74) is 2.52. The predicted molar refractivity (Wildman–Crippen MR) is 101 cm³/mol. The molecule has 0 spiro atoms. The topological polar surface area (TPSA) is 95.6 Å². The normalized spacial score (nSPS) is 10.7. The van der Waals surface area contributed by atoms with E-state index in [1.54, 1.807) is 24.5 Å². The predicted octanol–water partition coefficient (Wildman–Crippen LogP) is 2.60. The highest BCUT2D eigenvalue weighted by Crippen LogP contribution is 2.19. The van der Waals surface area contributed by atoms with Crippen LogP contribution in [0.5, 0.6) is 0 Å². The van der Waals surface area contributed by atoms with Crippen LogP contribution in [-0.4, -0.2) is 39.2 Å². The number of H-pyrrole nitrogens is 1. The van der Waals surface area contributed by atoms with Crippen molar-refractivity contribution in [1.82, 2.24) is 25.5 Å². The smallest absolute Gasteiger partial charge is 0.238 e. The first kappa shape index (κ1) is 18.0. The van der Waals surface area contributed by atoms with Crippen LogP contribution in [0.1, 0.15) is 11.4 Å². The van der Waals surface area contributed by atoms with Gasteiger partial charge in [0.2, 0.25) is 5.91 Å². The second kappa shape index (κ2) is 8.55. The molecule has 1 amide bonds. The number of carbonyl (C=O) groups excluding carboxylic acids is 1. The summed E-state index contributed by atoms with van der Waals surface area (Å²) in [6.45, 7) is 2.72. The number of rotatable bonds is 7. The maximum Gasteiger partial charge on any atom is 0.238 e. The highest BCUT2D eigenvalue weighted by molar-refractivity contribution is 6.31. The van der Waals surface area contributed by atoms with Crippen molar-refractivity contribution in [1.29, 1.82) is 0 Å². The van der Waals surface area contributed by atoms with Crippen LogP contribution < -0.4 is 10.6 Å². The van der Waals surface area contributed by atoms with Crippen molar-refractivity contribution in [2.24, 2.45) is 0 Å². The molecule has 0 saturated heterocycles. The Morgan fingerprint density at radius 3 is 2.96 bits per heavy atom. The van der Waals surface area contributed by atoms with Gasteiger partial charge in [-0.3, -0.25) is 14.9 Å². The summed E-state index contributed by atoms with van der Waals surface area (Å²) >= 11 is 5.98. The molecule has 0 aliphatic carbocycles. The van der Waals surface area contributed by atoms with E-state index in [-0.39, 0.29) is 12.5 Å². The van der Waals surface area contributed by atoms with Crippen molar-refractivity contribution in [2.75, 3.05) is 18.4 Å². The van der Waals surface area contributed by atoms with E-state index in [9.17, 15) is 4.79 Å². The molecule has 2 aromatic heterocycles. The molecule has 0 aliphatic rings. The molecule has 0 unspecified atom stereocenters. The first-order valence-electron chi connectivity index (χ1n) is 8.20. The van der Waals surface area contributed by atoms with Crippen LogP contribution in [0.2, 0.25) is 5.02 Å². The van der Waals surface area contributed by atoms with Gasteiger partial charge in [0, 0.05) is 41.6 Å². The molecule has 134 valence electrons. The standard InChI is InChI=1S/C18H19ClN6O/c1-12-9-14(4-5-15(12)19)22-17(26)11-21-8-6-16-23-18(25-24-16)13-3-2-7-20-10-13/h2-5,7,9-10,21H,6,8,11H2,1H3,(H,22,26)(H,23,24,25). The molecule has 3 N–H and O–H groups in total. The zero-order valence-electron chi connectivity index (χ0n) is 14.3. The third kappa shape index (κ3) is 4.87. The molecule has 0 bridgehead atoms. The van der Waals surface area contributed by atoms with Gasteiger partial charge in [0.05, 0.1) is 6.54 Å². The minimum Gasteiger partial charge on any atom is -0.325 e. The van der Waals surface area contributed by atoms with Gasteiger partial charge in [0.15, 0.2) is 5.82 Å². The number of pyridine rings is 1. The van der Waals surface area contributed by atoms with Crippen molar-refractivity contribution >= 4 is 23.2 Å². The lowest BCUT2D eigenvalue weighted by Crippen LogP contribution is -2.29. The first-order chi connectivity index (χ1) is 12.6.